The first kappa shape index (κ1) is 13.1. The first-order valence-corrected chi connectivity index (χ1v) is 6.31. The molecule has 4 nitrogen and oxygen atoms in total. The monoisotopic (exact) mass is 249 g/mol. The third kappa shape index (κ3) is 2.71. The van der Waals surface area contributed by atoms with Gasteiger partial charge >= 0.3 is 0 Å². The van der Waals surface area contributed by atoms with Gasteiger partial charge in [-0.25, -0.2) is 0 Å². The van der Waals surface area contributed by atoms with Crippen molar-refractivity contribution in [1.29, 1.82) is 0 Å². The van der Waals surface area contributed by atoms with Gasteiger partial charge in [-0.1, -0.05) is 24.6 Å². The van der Waals surface area contributed by atoms with Crippen molar-refractivity contribution in [2.24, 2.45) is 5.92 Å². The highest BCUT2D eigenvalue weighted by atomic mass is 16.6. The molecule has 0 spiro atoms. The van der Waals surface area contributed by atoms with Crippen molar-refractivity contribution >= 4 is 11.6 Å². The van der Waals surface area contributed by atoms with E-state index in [4.69, 9.17) is 4.74 Å². The Hall–Kier alpha value is -1.39. The highest BCUT2D eigenvalue weighted by Gasteiger charge is 2.33. The first-order valence-electron chi connectivity index (χ1n) is 6.31. The van der Waals surface area contributed by atoms with Crippen molar-refractivity contribution in [1.82, 2.24) is 0 Å². The number of anilines is 1. The predicted octanol–water partition coefficient (Wildman–Crippen LogP) is 1.78. The fraction of sp³-hybridized carbons (Fsp3) is 0.500. The van der Waals surface area contributed by atoms with Gasteiger partial charge in [0.1, 0.15) is 0 Å². The summed E-state index contributed by atoms with van der Waals surface area (Å²) in [6, 6.07) is 9.58. The molecule has 1 heterocycles. The van der Waals surface area contributed by atoms with E-state index in [0.29, 0.717) is 13.0 Å². The van der Waals surface area contributed by atoms with Crippen LogP contribution in [-0.2, 0) is 9.53 Å². The minimum Gasteiger partial charge on any atom is -0.367 e. The van der Waals surface area contributed by atoms with Gasteiger partial charge < -0.3 is 14.7 Å². The molecule has 98 valence electrons. The number of rotatable bonds is 3. The second-order valence-corrected chi connectivity index (χ2v) is 4.55. The molecule has 0 radical (unpaired) electrons. The van der Waals surface area contributed by atoms with Gasteiger partial charge in [-0.05, 0) is 25.0 Å². The van der Waals surface area contributed by atoms with Gasteiger partial charge in [-0.2, -0.15) is 0 Å². The third-order valence-corrected chi connectivity index (χ3v) is 3.38. The van der Waals surface area contributed by atoms with E-state index >= 15 is 0 Å². The number of hydrogen-bond donors (Lipinski definition) is 1. The number of hydrogen-bond acceptors (Lipinski definition) is 3. The summed E-state index contributed by atoms with van der Waals surface area (Å²) in [4.78, 5) is 14.2. The number of aliphatic hydroxyl groups is 1. The van der Waals surface area contributed by atoms with E-state index in [-0.39, 0.29) is 5.91 Å². The molecule has 0 bridgehead atoms. The summed E-state index contributed by atoms with van der Waals surface area (Å²) >= 11 is 0. The van der Waals surface area contributed by atoms with Crippen LogP contribution < -0.4 is 4.90 Å². The van der Waals surface area contributed by atoms with Crippen LogP contribution in [0.5, 0.6) is 0 Å². The zero-order valence-corrected chi connectivity index (χ0v) is 10.6. The van der Waals surface area contributed by atoms with Crippen LogP contribution in [0.4, 0.5) is 5.69 Å². The number of nitrogens with zero attached hydrogens (tertiary/aromatic N) is 1. The van der Waals surface area contributed by atoms with Crippen LogP contribution in [0.1, 0.15) is 19.3 Å². The van der Waals surface area contributed by atoms with Crippen LogP contribution in [-0.4, -0.2) is 31.0 Å². The maximum atomic E-state index is 12.4. The molecule has 0 aromatic heterocycles. The molecule has 1 N–H and O–H groups in total. The van der Waals surface area contributed by atoms with E-state index in [1.54, 1.807) is 4.90 Å². The molecular weight excluding hydrogens is 230 g/mol. The first-order chi connectivity index (χ1) is 8.74. The standard InChI is InChI=1S/C14H19NO3/c1-18-14(17)12-9-5-6-10-15(13(12)16)11-7-3-2-4-8-11/h2-4,7-8,12,14,17H,5-6,9-10H2,1H3. The van der Waals surface area contributed by atoms with Gasteiger partial charge in [0.25, 0.3) is 0 Å². The molecule has 2 rings (SSSR count). The fourth-order valence-corrected chi connectivity index (χ4v) is 2.36. The summed E-state index contributed by atoms with van der Waals surface area (Å²) in [6.45, 7) is 0.704. The summed E-state index contributed by atoms with van der Waals surface area (Å²) in [5, 5.41) is 9.77. The number of aliphatic hydroxyl groups excluding tert-OH is 1. The van der Waals surface area contributed by atoms with Gasteiger partial charge in [0.2, 0.25) is 5.91 Å². The largest absolute Gasteiger partial charge is 0.367 e. The van der Waals surface area contributed by atoms with Gasteiger partial charge in [-0.3, -0.25) is 4.79 Å². The van der Waals surface area contributed by atoms with Crippen molar-refractivity contribution in [3.05, 3.63) is 30.3 Å². The van der Waals surface area contributed by atoms with Crippen LogP contribution in [0, 0.1) is 5.92 Å². The summed E-state index contributed by atoms with van der Waals surface area (Å²) in [5.41, 5.74) is 0.887. The molecule has 1 aliphatic heterocycles. The van der Waals surface area contributed by atoms with Gasteiger partial charge in [-0.15, -0.1) is 0 Å². The van der Waals surface area contributed by atoms with Crippen molar-refractivity contribution in [3.63, 3.8) is 0 Å². The van der Waals surface area contributed by atoms with Crippen molar-refractivity contribution < 1.29 is 14.6 Å². The molecule has 2 atom stereocenters. The zero-order valence-electron chi connectivity index (χ0n) is 10.6. The van der Waals surface area contributed by atoms with Crippen molar-refractivity contribution in [2.75, 3.05) is 18.6 Å². The predicted molar refractivity (Wildman–Crippen MR) is 69.2 cm³/mol. The highest BCUT2D eigenvalue weighted by Crippen LogP contribution is 2.25. The minimum atomic E-state index is -1.01. The molecule has 1 aromatic carbocycles. The average Bonchev–Trinajstić information content (AvgIpc) is 2.61. The van der Waals surface area contributed by atoms with Crippen molar-refractivity contribution in [2.45, 2.75) is 25.6 Å². The van der Waals surface area contributed by atoms with Crippen molar-refractivity contribution in [3.8, 4) is 0 Å². The molecule has 1 fully saturated rings. The molecule has 0 aliphatic carbocycles. The lowest BCUT2D eigenvalue weighted by atomic mass is 10.0. The number of carbonyl (C=O) groups excluding carboxylic acids is 1. The van der Waals surface area contributed by atoms with Crippen LogP contribution >= 0.6 is 0 Å². The number of benzene rings is 1. The third-order valence-electron chi connectivity index (χ3n) is 3.38. The normalized spacial score (nSPS) is 22.7. The van der Waals surface area contributed by atoms with E-state index in [9.17, 15) is 9.90 Å². The fourth-order valence-electron chi connectivity index (χ4n) is 2.36. The second kappa shape index (κ2) is 5.98. The smallest absolute Gasteiger partial charge is 0.235 e. The average molecular weight is 249 g/mol. The lowest BCUT2D eigenvalue weighted by Crippen LogP contribution is -2.40. The number of para-hydroxylation sites is 1. The highest BCUT2D eigenvalue weighted by molar-refractivity contribution is 5.95. The Morgan fingerprint density at radius 3 is 2.72 bits per heavy atom. The lowest BCUT2D eigenvalue weighted by molar-refractivity contribution is -0.146. The SMILES string of the molecule is COC(O)C1CCCCN(c2ccccc2)C1=O. The quantitative estimate of drug-likeness (QED) is 0.831. The second-order valence-electron chi connectivity index (χ2n) is 4.55. The molecular formula is C14H19NO3. The Labute approximate surface area is 107 Å². The topological polar surface area (TPSA) is 49.8 Å². The Balaban J connectivity index is 2.22. The number of ether oxygens (including phenoxy) is 1. The van der Waals surface area contributed by atoms with E-state index < -0.39 is 12.2 Å². The minimum absolute atomic E-state index is 0.0481. The van der Waals surface area contributed by atoms with Crippen LogP contribution in [0.2, 0.25) is 0 Å². The molecule has 2 unspecified atom stereocenters. The van der Waals surface area contributed by atoms with E-state index in [1.165, 1.54) is 7.11 Å². The van der Waals surface area contributed by atoms with Gasteiger partial charge in [0, 0.05) is 19.3 Å². The molecule has 1 amide bonds. The maximum absolute atomic E-state index is 12.4. The molecule has 0 saturated carbocycles. The van der Waals surface area contributed by atoms with Gasteiger partial charge in [0.15, 0.2) is 6.29 Å². The molecule has 1 saturated heterocycles. The Morgan fingerprint density at radius 1 is 1.33 bits per heavy atom. The summed E-state index contributed by atoms with van der Waals surface area (Å²) in [6.07, 6.45) is 1.55. The Bertz CT molecular complexity index is 393. The number of carbonyl (C=O) groups is 1. The zero-order chi connectivity index (χ0) is 13.0. The van der Waals surface area contributed by atoms with Gasteiger partial charge in [0.05, 0.1) is 5.92 Å². The summed E-state index contributed by atoms with van der Waals surface area (Å²) in [5.74, 6) is -0.509. The Kier molecular flexibility index (Phi) is 4.33. The maximum Gasteiger partial charge on any atom is 0.235 e. The molecule has 1 aliphatic rings. The van der Waals surface area contributed by atoms with Crippen LogP contribution in [0.15, 0.2) is 30.3 Å². The molecule has 4 heteroatoms. The van der Waals surface area contributed by atoms with Crippen LogP contribution in [0.3, 0.4) is 0 Å². The number of methoxy groups -OCH3 is 1. The molecule has 1 aromatic rings. The van der Waals surface area contributed by atoms with E-state index in [0.717, 1.165) is 18.5 Å². The van der Waals surface area contributed by atoms with Crippen LogP contribution in [0.25, 0.3) is 0 Å². The summed E-state index contributed by atoms with van der Waals surface area (Å²) < 4.78 is 4.91. The lowest BCUT2D eigenvalue weighted by Gasteiger charge is -2.26. The Morgan fingerprint density at radius 2 is 2.06 bits per heavy atom. The van der Waals surface area contributed by atoms with E-state index in [1.807, 2.05) is 30.3 Å². The van der Waals surface area contributed by atoms with E-state index in [2.05, 4.69) is 0 Å². The molecule has 18 heavy (non-hydrogen) atoms. The number of amides is 1. The summed E-state index contributed by atoms with van der Waals surface area (Å²) in [7, 11) is 1.43.